The molecule has 0 unspecified atom stereocenters. The lowest BCUT2D eigenvalue weighted by molar-refractivity contribution is -0.186. The molecule has 2 aromatic carbocycles. The average Bonchev–Trinajstić information content (AvgIpc) is 3.19. The summed E-state index contributed by atoms with van der Waals surface area (Å²) in [6.45, 7) is 2.00. The minimum absolute atomic E-state index is 0.00282. The Hall–Kier alpha value is -2.45. The van der Waals surface area contributed by atoms with E-state index in [2.05, 4.69) is 0 Å². The molecule has 1 N–H and O–H groups in total. The lowest BCUT2D eigenvalue weighted by atomic mass is 9.82. The van der Waals surface area contributed by atoms with E-state index in [4.69, 9.17) is 60.6 Å². The molecule has 0 bridgehead atoms. The lowest BCUT2D eigenvalue weighted by Crippen LogP contribution is -2.46. The van der Waals surface area contributed by atoms with Crippen LogP contribution in [0.15, 0.2) is 42.2 Å². The number of hydrogen-bond acceptors (Lipinski definition) is 7. The van der Waals surface area contributed by atoms with Crippen LogP contribution < -0.4 is 0 Å². The molecule has 1 heterocycles. The highest BCUT2D eigenvalue weighted by Gasteiger charge is 2.49. The molecule has 0 atom stereocenters. The van der Waals surface area contributed by atoms with Crippen LogP contribution in [0.4, 0.5) is 0 Å². The second kappa shape index (κ2) is 14.6. The van der Waals surface area contributed by atoms with Crippen LogP contribution in [-0.2, 0) is 35.0 Å². The number of halogens is 4. The van der Waals surface area contributed by atoms with Gasteiger partial charge in [0, 0.05) is 20.6 Å². The topological polar surface area (TPSA) is 99.1 Å². The summed E-state index contributed by atoms with van der Waals surface area (Å²) in [4.78, 5) is 36.8. The molecule has 0 amide bonds. The molecule has 2 saturated carbocycles. The smallest absolute Gasteiger partial charge is 0.350 e. The summed E-state index contributed by atoms with van der Waals surface area (Å²) in [5.74, 6) is -1.42. The van der Waals surface area contributed by atoms with Crippen molar-refractivity contribution in [2.24, 2.45) is 0 Å². The number of ether oxygens (including phenoxy) is 3. The molecular formula is C32H34Cl4O7. The highest BCUT2D eigenvalue weighted by molar-refractivity contribution is 6.37. The number of hydrogen-bond donors (Lipinski definition) is 1. The molecule has 7 nitrogen and oxygen atoms in total. The third-order valence-electron chi connectivity index (χ3n) is 7.99. The molecule has 0 aromatic heterocycles. The fourth-order valence-electron chi connectivity index (χ4n) is 5.80. The van der Waals surface area contributed by atoms with E-state index in [0.29, 0.717) is 56.9 Å². The fraction of sp³-hybridized carbons (Fsp3) is 0.469. The highest BCUT2D eigenvalue weighted by atomic mass is 35.5. The Morgan fingerprint density at radius 1 is 0.860 bits per heavy atom. The summed E-state index contributed by atoms with van der Waals surface area (Å²) in [6.07, 6.45) is 8.04. The van der Waals surface area contributed by atoms with Gasteiger partial charge in [0.2, 0.25) is 5.60 Å². The summed E-state index contributed by atoms with van der Waals surface area (Å²) in [5, 5.41) is 12.3. The Morgan fingerprint density at radius 3 is 2.02 bits per heavy atom. The van der Waals surface area contributed by atoms with Crippen LogP contribution in [0.1, 0.15) is 82.3 Å². The van der Waals surface area contributed by atoms with Gasteiger partial charge in [-0.3, -0.25) is 4.79 Å². The summed E-state index contributed by atoms with van der Waals surface area (Å²) in [6, 6.07) is 9.76. The van der Waals surface area contributed by atoms with E-state index in [1.165, 1.54) is 0 Å². The van der Waals surface area contributed by atoms with Crippen LogP contribution >= 0.6 is 46.4 Å². The summed E-state index contributed by atoms with van der Waals surface area (Å²) < 4.78 is 16.2. The minimum Gasteiger partial charge on any atom is -0.507 e. The van der Waals surface area contributed by atoms with Gasteiger partial charge in [-0.25, -0.2) is 9.59 Å². The zero-order valence-electron chi connectivity index (χ0n) is 23.9. The summed E-state index contributed by atoms with van der Waals surface area (Å²) in [5.41, 5.74) is -0.719. The van der Waals surface area contributed by atoms with Crippen molar-refractivity contribution in [3.8, 4) is 0 Å². The van der Waals surface area contributed by atoms with Crippen molar-refractivity contribution in [3.63, 3.8) is 0 Å². The quantitative estimate of drug-likeness (QED) is 0.242. The monoisotopic (exact) mass is 670 g/mol. The maximum atomic E-state index is 12.3. The molecule has 0 saturated heterocycles. The van der Waals surface area contributed by atoms with Gasteiger partial charge in [0.25, 0.3) is 0 Å². The molecule has 2 fully saturated rings. The molecule has 2 aliphatic carbocycles. The van der Waals surface area contributed by atoms with Gasteiger partial charge in [-0.1, -0.05) is 71.4 Å². The van der Waals surface area contributed by atoms with E-state index in [-0.39, 0.29) is 24.4 Å². The van der Waals surface area contributed by atoms with Crippen LogP contribution in [0.5, 0.6) is 0 Å². The van der Waals surface area contributed by atoms with Crippen LogP contribution in [0.25, 0.3) is 5.57 Å². The van der Waals surface area contributed by atoms with Gasteiger partial charge in [0.15, 0.2) is 11.4 Å². The first-order valence-electron chi connectivity index (χ1n) is 14.5. The predicted octanol–water partition coefficient (Wildman–Crippen LogP) is 8.87. The highest BCUT2D eigenvalue weighted by Crippen LogP contribution is 2.46. The van der Waals surface area contributed by atoms with Gasteiger partial charge in [-0.15, -0.1) is 0 Å². The Bertz CT molecular complexity index is 1390. The second-order valence-corrected chi connectivity index (χ2v) is 12.6. The van der Waals surface area contributed by atoms with Crippen molar-refractivity contribution < 1.29 is 33.7 Å². The van der Waals surface area contributed by atoms with Crippen molar-refractivity contribution in [1.29, 1.82) is 0 Å². The normalized spacial score (nSPS) is 18.9. The SMILES string of the molecule is CCOC(=O)C1(OC(=O)Cc2ccc(Cl)cc2Cl)CCCCC1.O=C1OC2(CCCCC2)C(O)=C1c1ccc(Cl)cc1Cl. The molecule has 11 heteroatoms. The van der Waals surface area contributed by atoms with Gasteiger partial charge in [-0.05, 0) is 88.1 Å². The Balaban J connectivity index is 0.000000198. The second-order valence-electron chi connectivity index (χ2n) is 11.0. The largest absolute Gasteiger partial charge is 0.507 e. The van der Waals surface area contributed by atoms with Crippen LogP contribution in [-0.4, -0.2) is 40.8 Å². The number of rotatable bonds is 6. The lowest BCUT2D eigenvalue weighted by Gasteiger charge is -2.34. The molecule has 232 valence electrons. The first-order valence-corrected chi connectivity index (χ1v) is 16.0. The van der Waals surface area contributed by atoms with E-state index >= 15 is 0 Å². The molecule has 43 heavy (non-hydrogen) atoms. The van der Waals surface area contributed by atoms with Crippen LogP contribution in [0.3, 0.4) is 0 Å². The fourth-order valence-corrected chi connectivity index (χ4v) is 6.78. The molecule has 5 rings (SSSR count). The van der Waals surface area contributed by atoms with Crippen molar-refractivity contribution in [2.45, 2.75) is 88.8 Å². The molecule has 2 aromatic rings. The van der Waals surface area contributed by atoms with Gasteiger partial charge in [0.05, 0.1) is 18.1 Å². The first-order chi connectivity index (χ1) is 20.5. The van der Waals surface area contributed by atoms with Crippen molar-refractivity contribution in [2.75, 3.05) is 6.61 Å². The minimum atomic E-state index is -1.15. The van der Waals surface area contributed by atoms with E-state index in [0.717, 1.165) is 38.5 Å². The third kappa shape index (κ3) is 7.80. The molecule has 0 radical (unpaired) electrons. The Kier molecular flexibility index (Phi) is 11.3. The van der Waals surface area contributed by atoms with E-state index in [1.54, 1.807) is 43.3 Å². The Morgan fingerprint density at radius 2 is 1.44 bits per heavy atom. The number of esters is 3. The Labute approximate surface area is 271 Å². The standard InChI is InChI=1S/C17H20Cl2O4.C15H14Cl2O3/c1-2-22-16(21)17(8-4-3-5-9-17)23-15(20)10-12-6-7-13(18)11-14(12)19;16-9-4-5-10(11(17)8-9)12-13(18)15(20-14(12)19)6-2-1-3-7-15/h6-7,11H,2-5,8-10H2,1H3;4-5,8,18H,1-3,6-7H2. The van der Waals surface area contributed by atoms with E-state index in [1.807, 2.05) is 0 Å². The summed E-state index contributed by atoms with van der Waals surface area (Å²) in [7, 11) is 0. The van der Waals surface area contributed by atoms with Crippen molar-refractivity contribution in [1.82, 2.24) is 0 Å². The molecule has 3 aliphatic rings. The first kappa shape index (κ1) is 33.4. The number of aliphatic hydroxyl groups is 1. The number of benzene rings is 2. The van der Waals surface area contributed by atoms with Crippen LogP contribution in [0, 0.1) is 0 Å². The molecular weight excluding hydrogens is 638 g/mol. The zero-order chi connectivity index (χ0) is 31.2. The van der Waals surface area contributed by atoms with Crippen LogP contribution in [0.2, 0.25) is 20.1 Å². The van der Waals surface area contributed by atoms with Gasteiger partial charge >= 0.3 is 17.9 Å². The number of aliphatic hydroxyl groups excluding tert-OH is 1. The van der Waals surface area contributed by atoms with Crippen molar-refractivity contribution >= 4 is 69.9 Å². The maximum Gasteiger partial charge on any atom is 0.350 e. The van der Waals surface area contributed by atoms with Gasteiger partial charge in [-0.2, -0.15) is 0 Å². The van der Waals surface area contributed by atoms with Gasteiger partial charge < -0.3 is 19.3 Å². The summed E-state index contributed by atoms with van der Waals surface area (Å²) >= 11 is 23.9. The van der Waals surface area contributed by atoms with E-state index in [9.17, 15) is 19.5 Å². The predicted molar refractivity (Wildman–Crippen MR) is 167 cm³/mol. The average molecular weight is 672 g/mol. The number of carbonyl (C=O) groups excluding carboxylic acids is 3. The molecule has 1 spiro atoms. The van der Waals surface area contributed by atoms with Crippen molar-refractivity contribution in [3.05, 3.63) is 73.4 Å². The van der Waals surface area contributed by atoms with Gasteiger partial charge in [0.1, 0.15) is 5.57 Å². The molecule has 1 aliphatic heterocycles. The zero-order valence-corrected chi connectivity index (χ0v) is 26.9. The number of carbonyl (C=O) groups is 3. The maximum absolute atomic E-state index is 12.3. The van der Waals surface area contributed by atoms with E-state index < -0.39 is 29.1 Å². The third-order valence-corrected chi connectivity index (χ3v) is 9.12.